The number of hydrogen-bond acceptors (Lipinski definition) is 4. The largest absolute Gasteiger partial charge is 0.414 e. The summed E-state index contributed by atoms with van der Waals surface area (Å²) < 4.78 is 22.9. The maximum atomic E-state index is 6.23. The van der Waals surface area contributed by atoms with Crippen LogP contribution in [0.1, 0.15) is 20.8 Å². The molecular weight excluding hydrogens is 284 g/mol. The van der Waals surface area contributed by atoms with Crippen molar-refractivity contribution in [3.63, 3.8) is 0 Å². The molecule has 1 aliphatic heterocycles. The molecule has 0 aromatic rings. The molecular formula is C16H28O4Si. The van der Waals surface area contributed by atoms with Crippen LogP contribution in [-0.2, 0) is 18.6 Å². The van der Waals surface area contributed by atoms with Crippen LogP contribution in [0.2, 0.25) is 18.1 Å². The van der Waals surface area contributed by atoms with Gasteiger partial charge in [-0.25, -0.2) is 0 Å². The first kappa shape index (κ1) is 18.4. The van der Waals surface area contributed by atoms with Gasteiger partial charge in [-0.3, -0.25) is 0 Å². The molecule has 0 aromatic carbocycles. The van der Waals surface area contributed by atoms with Crippen molar-refractivity contribution in [3.05, 3.63) is 12.2 Å². The van der Waals surface area contributed by atoms with Crippen molar-refractivity contribution in [3.8, 4) is 12.3 Å². The molecule has 5 heteroatoms. The first-order valence-corrected chi connectivity index (χ1v) is 10.2. The van der Waals surface area contributed by atoms with Crippen molar-refractivity contribution in [2.75, 3.05) is 20.3 Å². The first-order valence-electron chi connectivity index (χ1n) is 7.27. The fraction of sp³-hybridized carbons (Fsp3) is 0.750. The van der Waals surface area contributed by atoms with Gasteiger partial charge in [0.2, 0.25) is 0 Å². The molecule has 1 rings (SSSR count). The van der Waals surface area contributed by atoms with Crippen LogP contribution in [0.15, 0.2) is 12.2 Å². The Morgan fingerprint density at radius 1 is 1.29 bits per heavy atom. The van der Waals surface area contributed by atoms with Gasteiger partial charge in [-0.2, -0.15) is 0 Å². The van der Waals surface area contributed by atoms with Crippen LogP contribution in [0, 0.1) is 12.3 Å². The van der Waals surface area contributed by atoms with E-state index in [0.717, 1.165) is 0 Å². The standard InChI is InChI=1S/C16H28O4Si/c1-8-11-18-13-9-10-15(17-5)20-14(13)12-19-21(6,7)16(2,3)4/h1,9-10,13-15H,11-12H2,2-7H3/t13-,14+,15-/m0/s1. The highest BCUT2D eigenvalue weighted by atomic mass is 28.4. The highest BCUT2D eigenvalue weighted by Gasteiger charge is 2.39. The number of rotatable bonds is 6. The summed E-state index contributed by atoms with van der Waals surface area (Å²) in [6.45, 7) is 11.8. The molecule has 0 unspecified atom stereocenters. The summed E-state index contributed by atoms with van der Waals surface area (Å²) >= 11 is 0. The van der Waals surface area contributed by atoms with Crippen LogP contribution < -0.4 is 0 Å². The predicted octanol–water partition coefficient (Wildman–Crippen LogP) is 2.95. The molecule has 120 valence electrons. The lowest BCUT2D eigenvalue weighted by molar-refractivity contribution is -0.173. The number of hydrogen-bond donors (Lipinski definition) is 0. The summed E-state index contributed by atoms with van der Waals surface area (Å²) in [5.74, 6) is 2.48. The van der Waals surface area contributed by atoms with Gasteiger partial charge in [0.1, 0.15) is 18.8 Å². The third-order valence-corrected chi connectivity index (χ3v) is 8.64. The van der Waals surface area contributed by atoms with Crippen LogP contribution >= 0.6 is 0 Å². The Morgan fingerprint density at radius 2 is 1.95 bits per heavy atom. The highest BCUT2D eigenvalue weighted by molar-refractivity contribution is 6.74. The van der Waals surface area contributed by atoms with Crippen LogP contribution in [0.4, 0.5) is 0 Å². The molecule has 1 aliphatic rings. The van der Waals surface area contributed by atoms with E-state index in [1.54, 1.807) is 7.11 Å². The lowest BCUT2D eigenvalue weighted by Gasteiger charge is -2.39. The van der Waals surface area contributed by atoms with Crippen LogP contribution in [0.3, 0.4) is 0 Å². The first-order chi connectivity index (χ1) is 9.71. The summed E-state index contributed by atoms with van der Waals surface area (Å²) in [7, 11) is -0.208. The molecule has 0 aliphatic carbocycles. The van der Waals surface area contributed by atoms with E-state index in [1.165, 1.54) is 0 Å². The Morgan fingerprint density at radius 3 is 2.48 bits per heavy atom. The van der Waals surface area contributed by atoms with E-state index in [9.17, 15) is 0 Å². The minimum absolute atomic E-state index is 0.160. The number of methoxy groups -OCH3 is 1. The molecule has 0 bridgehead atoms. The zero-order valence-electron chi connectivity index (χ0n) is 14.0. The Balaban J connectivity index is 2.68. The number of ether oxygens (including phenoxy) is 3. The average molecular weight is 312 g/mol. The van der Waals surface area contributed by atoms with Gasteiger partial charge >= 0.3 is 0 Å². The maximum absolute atomic E-state index is 6.23. The van der Waals surface area contributed by atoms with Crippen molar-refractivity contribution in [1.82, 2.24) is 0 Å². The second-order valence-corrected chi connectivity index (χ2v) is 11.5. The molecule has 0 amide bonds. The lowest BCUT2D eigenvalue weighted by Crippen LogP contribution is -2.47. The minimum atomic E-state index is -1.82. The van der Waals surface area contributed by atoms with E-state index in [-0.39, 0.29) is 30.1 Å². The molecule has 0 aromatic heterocycles. The van der Waals surface area contributed by atoms with E-state index in [4.69, 9.17) is 25.1 Å². The fourth-order valence-electron chi connectivity index (χ4n) is 1.70. The fourth-order valence-corrected chi connectivity index (χ4v) is 2.72. The van der Waals surface area contributed by atoms with Crippen molar-refractivity contribution < 1.29 is 18.6 Å². The normalized spacial score (nSPS) is 26.6. The highest BCUT2D eigenvalue weighted by Crippen LogP contribution is 2.37. The second kappa shape index (κ2) is 7.57. The summed E-state index contributed by atoms with van der Waals surface area (Å²) in [4.78, 5) is 0. The van der Waals surface area contributed by atoms with Gasteiger partial charge in [0.15, 0.2) is 14.6 Å². The second-order valence-electron chi connectivity index (χ2n) is 6.71. The van der Waals surface area contributed by atoms with E-state index in [2.05, 4.69) is 39.8 Å². The molecule has 21 heavy (non-hydrogen) atoms. The topological polar surface area (TPSA) is 36.9 Å². The molecule has 1 heterocycles. The molecule has 0 saturated heterocycles. The van der Waals surface area contributed by atoms with E-state index in [0.29, 0.717) is 6.61 Å². The molecule has 3 atom stereocenters. The average Bonchev–Trinajstić information content (AvgIpc) is 2.42. The number of terminal acetylenes is 1. The van der Waals surface area contributed by atoms with Gasteiger partial charge in [-0.15, -0.1) is 6.42 Å². The van der Waals surface area contributed by atoms with Crippen molar-refractivity contribution in [1.29, 1.82) is 0 Å². The van der Waals surface area contributed by atoms with Crippen molar-refractivity contribution >= 4 is 8.32 Å². The zero-order valence-corrected chi connectivity index (χ0v) is 15.0. The van der Waals surface area contributed by atoms with E-state index in [1.807, 2.05) is 12.2 Å². The van der Waals surface area contributed by atoms with Crippen LogP contribution in [0.5, 0.6) is 0 Å². The summed E-state index contributed by atoms with van der Waals surface area (Å²) in [5.41, 5.74) is 0. The smallest absolute Gasteiger partial charge is 0.192 e. The Kier molecular flexibility index (Phi) is 6.63. The Hall–Kier alpha value is -0.643. The predicted molar refractivity (Wildman–Crippen MR) is 86.5 cm³/mol. The molecule has 4 nitrogen and oxygen atoms in total. The Bertz CT molecular complexity index is 392. The van der Waals surface area contributed by atoms with Crippen molar-refractivity contribution in [2.24, 2.45) is 0 Å². The quantitative estimate of drug-likeness (QED) is 0.429. The summed E-state index contributed by atoms with van der Waals surface area (Å²) in [6.07, 6.45) is 8.27. The van der Waals surface area contributed by atoms with Gasteiger partial charge in [-0.05, 0) is 24.2 Å². The van der Waals surface area contributed by atoms with E-state index >= 15 is 0 Å². The van der Waals surface area contributed by atoms with Gasteiger partial charge in [0.25, 0.3) is 0 Å². The summed E-state index contributed by atoms with van der Waals surface area (Å²) in [6, 6.07) is 0. The van der Waals surface area contributed by atoms with Gasteiger partial charge in [-0.1, -0.05) is 32.8 Å². The zero-order chi connectivity index (χ0) is 16.1. The van der Waals surface area contributed by atoms with Crippen LogP contribution in [-0.4, -0.2) is 47.1 Å². The van der Waals surface area contributed by atoms with Gasteiger partial charge in [0.05, 0.1) is 6.61 Å². The maximum Gasteiger partial charge on any atom is 0.192 e. The lowest BCUT2D eigenvalue weighted by atomic mass is 10.1. The van der Waals surface area contributed by atoms with Crippen LogP contribution in [0.25, 0.3) is 0 Å². The minimum Gasteiger partial charge on any atom is -0.414 e. The SMILES string of the molecule is C#CCO[C@H]1C=C[C@@H](OC)O[C@@H]1CO[Si](C)(C)C(C)(C)C. The molecule has 0 radical (unpaired) electrons. The molecule has 0 N–H and O–H groups in total. The summed E-state index contributed by atoms with van der Waals surface area (Å²) in [5, 5.41) is 0.160. The van der Waals surface area contributed by atoms with Gasteiger partial charge < -0.3 is 18.6 Å². The third kappa shape index (κ3) is 5.24. The van der Waals surface area contributed by atoms with E-state index < -0.39 is 8.32 Å². The molecule has 0 spiro atoms. The molecule has 0 fully saturated rings. The van der Waals surface area contributed by atoms with Crippen molar-refractivity contribution in [2.45, 2.75) is 57.4 Å². The monoisotopic (exact) mass is 312 g/mol. The van der Waals surface area contributed by atoms with Gasteiger partial charge in [0, 0.05) is 7.11 Å². The Labute approximate surface area is 129 Å². The molecule has 0 saturated carbocycles. The third-order valence-electron chi connectivity index (χ3n) is 4.14.